The molecule has 3 rings (SSSR count). The second-order valence-electron chi connectivity index (χ2n) is 5.79. The second-order valence-corrected chi connectivity index (χ2v) is 5.79. The van der Waals surface area contributed by atoms with Gasteiger partial charge in [0, 0.05) is 21.0 Å². The molecule has 1 aromatic rings. The summed E-state index contributed by atoms with van der Waals surface area (Å²) in [6, 6.07) is 7.45. The van der Waals surface area contributed by atoms with E-state index < -0.39 is 29.3 Å². The molecule has 9 heteroatoms. The van der Waals surface area contributed by atoms with Crippen LogP contribution in [-0.2, 0) is 9.59 Å². The van der Waals surface area contributed by atoms with Crippen LogP contribution in [0.5, 0.6) is 0 Å². The Labute approximate surface area is 147 Å². The summed E-state index contributed by atoms with van der Waals surface area (Å²) in [5.41, 5.74) is -0.284. The zero-order valence-corrected chi connectivity index (χ0v) is 14.2. The summed E-state index contributed by atoms with van der Waals surface area (Å²) in [6.07, 6.45) is -2.40. The Bertz CT molecular complexity index is 855. The van der Waals surface area contributed by atoms with Crippen molar-refractivity contribution in [3.8, 4) is 0 Å². The number of allylic oxidation sites excluding steroid dienone is 2. The van der Waals surface area contributed by atoms with Gasteiger partial charge < -0.3 is 9.80 Å². The summed E-state index contributed by atoms with van der Waals surface area (Å²) in [4.78, 5) is 27.1. The zero-order chi connectivity index (χ0) is 19.2. The lowest BCUT2D eigenvalue weighted by Gasteiger charge is -2.17. The monoisotopic (exact) mass is 364 g/mol. The average molecular weight is 364 g/mol. The Morgan fingerprint density at radius 2 is 1.62 bits per heavy atom. The van der Waals surface area contributed by atoms with Crippen LogP contribution in [0.15, 0.2) is 52.9 Å². The maximum atomic E-state index is 13.2. The van der Waals surface area contributed by atoms with Gasteiger partial charge >= 0.3 is 6.18 Å². The maximum absolute atomic E-state index is 13.2. The quantitative estimate of drug-likeness (QED) is 0.719. The van der Waals surface area contributed by atoms with Gasteiger partial charge in [-0.1, -0.05) is 12.1 Å². The molecule has 6 nitrogen and oxygen atoms in total. The van der Waals surface area contributed by atoms with E-state index in [0.717, 1.165) is 24.4 Å². The van der Waals surface area contributed by atoms with Gasteiger partial charge in [0.2, 0.25) is 5.91 Å². The van der Waals surface area contributed by atoms with E-state index >= 15 is 0 Å². The number of halogens is 3. The van der Waals surface area contributed by atoms with Crippen LogP contribution in [-0.4, -0.2) is 42.8 Å². The molecule has 0 N–H and O–H groups in total. The van der Waals surface area contributed by atoms with E-state index in [-0.39, 0.29) is 5.01 Å². The SMILES string of the molecule is CC(=O)N1N=C(C(F)(F)F)/C(=C\C=C2N(C)c3ccccc3N2C)C1=O. The number of carbonyl (C=O) groups is 2. The molecule has 1 aromatic carbocycles. The first kappa shape index (κ1) is 17.7. The Morgan fingerprint density at radius 1 is 1.08 bits per heavy atom. The van der Waals surface area contributed by atoms with Crippen molar-refractivity contribution >= 4 is 28.9 Å². The van der Waals surface area contributed by atoms with E-state index in [0.29, 0.717) is 5.82 Å². The fourth-order valence-electron chi connectivity index (χ4n) is 2.87. The molecular formula is C17H15F3N4O2. The van der Waals surface area contributed by atoms with E-state index in [2.05, 4.69) is 5.10 Å². The van der Waals surface area contributed by atoms with Gasteiger partial charge in [-0.2, -0.15) is 23.3 Å². The number of imide groups is 1. The molecule has 136 valence electrons. The Hall–Kier alpha value is -3.10. The minimum Gasteiger partial charge on any atom is -0.329 e. The lowest BCUT2D eigenvalue weighted by molar-refractivity contribution is -0.139. The molecule has 0 fully saturated rings. The topological polar surface area (TPSA) is 56.2 Å². The van der Waals surface area contributed by atoms with Crippen LogP contribution >= 0.6 is 0 Å². The van der Waals surface area contributed by atoms with Crippen LogP contribution in [0.1, 0.15) is 6.92 Å². The third-order valence-corrected chi connectivity index (χ3v) is 4.14. The number of fused-ring (bicyclic) bond motifs is 1. The fourth-order valence-corrected chi connectivity index (χ4v) is 2.87. The van der Waals surface area contributed by atoms with E-state index in [9.17, 15) is 22.8 Å². The number of hydrazone groups is 1. The van der Waals surface area contributed by atoms with Crippen molar-refractivity contribution in [1.82, 2.24) is 5.01 Å². The Kier molecular flexibility index (Phi) is 4.09. The number of rotatable bonds is 1. The number of alkyl halides is 3. The molecule has 0 saturated carbocycles. The van der Waals surface area contributed by atoms with E-state index in [1.54, 1.807) is 23.9 Å². The van der Waals surface area contributed by atoms with Gasteiger partial charge in [-0.25, -0.2) is 0 Å². The van der Waals surface area contributed by atoms with Crippen LogP contribution in [0, 0.1) is 0 Å². The van der Waals surface area contributed by atoms with Crippen LogP contribution in [0.4, 0.5) is 24.5 Å². The van der Waals surface area contributed by atoms with Crippen molar-refractivity contribution in [1.29, 1.82) is 0 Å². The molecule has 0 atom stereocenters. The van der Waals surface area contributed by atoms with Gasteiger partial charge in [0.05, 0.1) is 16.9 Å². The largest absolute Gasteiger partial charge is 0.435 e. The smallest absolute Gasteiger partial charge is 0.329 e. The first-order valence-corrected chi connectivity index (χ1v) is 7.62. The van der Waals surface area contributed by atoms with Crippen molar-refractivity contribution in [2.75, 3.05) is 23.9 Å². The predicted molar refractivity (Wildman–Crippen MR) is 90.4 cm³/mol. The summed E-state index contributed by atoms with van der Waals surface area (Å²) in [5.74, 6) is -1.40. The minimum absolute atomic E-state index is 0.226. The third kappa shape index (κ3) is 2.75. The number of hydrogen-bond donors (Lipinski definition) is 0. The average Bonchev–Trinajstić information content (AvgIpc) is 3.02. The molecule has 0 unspecified atom stereocenters. The van der Waals surface area contributed by atoms with Crippen molar-refractivity contribution in [3.05, 3.63) is 47.8 Å². The van der Waals surface area contributed by atoms with Crippen molar-refractivity contribution in [2.24, 2.45) is 5.10 Å². The highest BCUT2D eigenvalue weighted by Gasteiger charge is 2.47. The molecule has 2 aliphatic heterocycles. The van der Waals surface area contributed by atoms with Crippen molar-refractivity contribution in [3.63, 3.8) is 0 Å². The number of nitrogens with zero attached hydrogens (tertiary/aromatic N) is 4. The van der Waals surface area contributed by atoms with E-state index in [4.69, 9.17) is 0 Å². The number of para-hydroxylation sites is 2. The Balaban J connectivity index is 2.02. The molecule has 26 heavy (non-hydrogen) atoms. The number of amides is 2. The molecule has 0 spiro atoms. The van der Waals surface area contributed by atoms with Gasteiger partial charge in [0.1, 0.15) is 5.82 Å². The summed E-state index contributed by atoms with van der Waals surface area (Å²) >= 11 is 0. The number of hydrogen-bond acceptors (Lipinski definition) is 5. The van der Waals surface area contributed by atoms with E-state index in [1.165, 1.54) is 6.08 Å². The van der Waals surface area contributed by atoms with Crippen LogP contribution in [0.3, 0.4) is 0 Å². The van der Waals surface area contributed by atoms with Crippen molar-refractivity contribution < 1.29 is 22.8 Å². The molecule has 2 aliphatic rings. The standard InChI is InChI=1S/C17H15F3N4O2/c1-10(25)24-16(26)11(15(21-24)17(18,19)20)8-9-14-22(2)12-6-4-5-7-13(12)23(14)3/h4-9H,1-3H3/b11-8+. The lowest BCUT2D eigenvalue weighted by Crippen LogP contribution is -2.28. The van der Waals surface area contributed by atoms with E-state index in [1.807, 2.05) is 24.3 Å². The highest BCUT2D eigenvalue weighted by atomic mass is 19.4. The molecule has 0 bridgehead atoms. The summed E-state index contributed by atoms with van der Waals surface area (Å²) in [7, 11) is 3.54. The minimum atomic E-state index is -4.85. The summed E-state index contributed by atoms with van der Waals surface area (Å²) in [5, 5.41) is 3.37. The molecule has 0 radical (unpaired) electrons. The second kappa shape index (κ2) is 6.01. The van der Waals surface area contributed by atoms with Gasteiger partial charge in [-0.05, 0) is 24.3 Å². The molecule has 0 saturated heterocycles. The lowest BCUT2D eigenvalue weighted by atomic mass is 10.1. The molecule has 0 aromatic heterocycles. The van der Waals surface area contributed by atoms with Crippen LogP contribution in [0.2, 0.25) is 0 Å². The zero-order valence-electron chi connectivity index (χ0n) is 14.2. The molecule has 2 heterocycles. The molecular weight excluding hydrogens is 349 g/mol. The third-order valence-electron chi connectivity index (χ3n) is 4.14. The highest BCUT2D eigenvalue weighted by molar-refractivity contribution is 6.29. The first-order valence-electron chi connectivity index (χ1n) is 7.62. The normalized spacial score (nSPS) is 18.6. The first-order chi connectivity index (χ1) is 12.1. The number of carbonyl (C=O) groups excluding carboxylic acids is 2. The van der Waals surface area contributed by atoms with Crippen molar-refractivity contribution in [2.45, 2.75) is 13.1 Å². The summed E-state index contributed by atoms with van der Waals surface area (Å²) in [6.45, 7) is 0.978. The maximum Gasteiger partial charge on any atom is 0.435 e. The highest BCUT2D eigenvalue weighted by Crippen LogP contribution is 2.39. The van der Waals surface area contributed by atoms with Gasteiger partial charge in [-0.15, -0.1) is 0 Å². The van der Waals surface area contributed by atoms with Gasteiger partial charge in [0.25, 0.3) is 5.91 Å². The predicted octanol–water partition coefficient (Wildman–Crippen LogP) is 2.65. The molecule has 2 amide bonds. The van der Waals surface area contributed by atoms with Crippen LogP contribution in [0.25, 0.3) is 0 Å². The summed E-state index contributed by atoms with van der Waals surface area (Å²) < 4.78 is 39.6. The Morgan fingerprint density at radius 3 is 2.08 bits per heavy atom. The number of benzene rings is 1. The van der Waals surface area contributed by atoms with Gasteiger partial charge in [0.15, 0.2) is 5.71 Å². The van der Waals surface area contributed by atoms with Gasteiger partial charge in [-0.3, -0.25) is 9.59 Å². The molecule has 0 aliphatic carbocycles. The van der Waals surface area contributed by atoms with Crippen LogP contribution < -0.4 is 9.80 Å². The fraction of sp³-hybridized carbons (Fsp3) is 0.235. The number of anilines is 2.